The third-order valence-electron chi connectivity index (χ3n) is 2.86. The van der Waals surface area contributed by atoms with Crippen LogP contribution in [-0.4, -0.2) is 21.4 Å². The topological polar surface area (TPSA) is 66.0 Å². The summed E-state index contributed by atoms with van der Waals surface area (Å²) in [6.45, 7) is 0. The van der Waals surface area contributed by atoms with Gasteiger partial charge in [-0.25, -0.2) is 10.5 Å². The van der Waals surface area contributed by atoms with Crippen LogP contribution < -0.4 is 5.43 Å². The van der Waals surface area contributed by atoms with E-state index in [1.54, 1.807) is 18.0 Å². The predicted octanol–water partition coefficient (Wildman–Crippen LogP) is 3.54. The summed E-state index contributed by atoms with van der Waals surface area (Å²) in [5.74, 6) is 1.37. The van der Waals surface area contributed by atoms with Gasteiger partial charge in [0.1, 0.15) is 0 Å². The van der Waals surface area contributed by atoms with Crippen LogP contribution in [0, 0.1) is 0 Å². The van der Waals surface area contributed by atoms with Crippen LogP contribution in [0.4, 0.5) is 5.95 Å². The summed E-state index contributed by atoms with van der Waals surface area (Å²) in [4.78, 5) is 4.33. The highest BCUT2D eigenvalue weighted by molar-refractivity contribution is 7.98. The monoisotopic (exact) mass is 309 g/mol. The third-order valence-corrected chi connectivity index (χ3v) is 3.78. The van der Waals surface area contributed by atoms with Gasteiger partial charge in [-0.15, -0.1) is 5.10 Å². The first-order chi connectivity index (χ1) is 10.9. The van der Waals surface area contributed by atoms with Gasteiger partial charge in [0.15, 0.2) is 0 Å². The molecule has 0 unspecified atom stereocenters. The molecule has 0 spiro atoms. The Hall–Kier alpha value is -2.60. The molecule has 2 aromatic carbocycles. The summed E-state index contributed by atoms with van der Waals surface area (Å²) in [6.07, 6.45) is 1.74. The van der Waals surface area contributed by atoms with E-state index in [1.807, 2.05) is 48.5 Å². The fourth-order valence-corrected chi connectivity index (χ4v) is 2.54. The average Bonchev–Trinajstić information content (AvgIpc) is 3.03. The maximum absolute atomic E-state index is 4.33. The van der Waals surface area contributed by atoms with Gasteiger partial charge < -0.3 is 0 Å². The normalized spacial score (nSPS) is 10.9. The van der Waals surface area contributed by atoms with Crippen LogP contribution in [0.15, 0.2) is 70.9 Å². The number of hydrogen-bond acceptors (Lipinski definition) is 5. The highest BCUT2D eigenvalue weighted by Crippen LogP contribution is 2.19. The molecule has 6 heteroatoms. The fraction of sp³-hybridized carbons (Fsp3) is 0.0625. The van der Waals surface area contributed by atoms with Gasteiger partial charge in [0, 0.05) is 5.75 Å². The van der Waals surface area contributed by atoms with Gasteiger partial charge in [0.2, 0.25) is 11.1 Å². The molecule has 110 valence electrons. The molecule has 0 aliphatic carbocycles. The number of aromatic nitrogens is 3. The van der Waals surface area contributed by atoms with Gasteiger partial charge >= 0.3 is 0 Å². The minimum Gasteiger partial charge on any atom is -0.246 e. The molecule has 2 N–H and O–H groups in total. The Morgan fingerprint density at radius 1 is 1.05 bits per heavy atom. The van der Waals surface area contributed by atoms with Gasteiger partial charge in [-0.1, -0.05) is 72.4 Å². The molecule has 3 rings (SSSR count). The van der Waals surface area contributed by atoms with Gasteiger partial charge in [-0.3, -0.25) is 0 Å². The number of nitrogens with zero attached hydrogens (tertiary/aromatic N) is 3. The van der Waals surface area contributed by atoms with Gasteiger partial charge in [-0.2, -0.15) is 10.1 Å². The first-order valence-electron chi connectivity index (χ1n) is 6.83. The van der Waals surface area contributed by atoms with E-state index in [-0.39, 0.29) is 0 Å². The molecule has 0 bridgehead atoms. The largest absolute Gasteiger partial charge is 0.246 e. The van der Waals surface area contributed by atoms with Crippen LogP contribution in [-0.2, 0) is 5.75 Å². The second-order valence-electron chi connectivity index (χ2n) is 4.52. The second kappa shape index (κ2) is 7.42. The molecular formula is C16H15N5S. The molecule has 0 saturated heterocycles. The number of hydrogen-bond donors (Lipinski definition) is 2. The lowest BCUT2D eigenvalue weighted by atomic mass is 10.2. The zero-order valence-corrected chi connectivity index (χ0v) is 12.6. The number of rotatable bonds is 6. The number of thioether (sulfide) groups is 1. The van der Waals surface area contributed by atoms with Crippen LogP contribution >= 0.6 is 11.8 Å². The van der Waals surface area contributed by atoms with E-state index >= 15 is 0 Å². The van der Waals surface area contributed by atoms with Gasteiger partial charge in [0.25, 0.3) is 0 Å². The van der Waals surface area contributed by atoms with Crippen LogP contribution in [0.1, 0.15) is 11.1 Å². The van der Waals surface area contributed by atoms with Crippen LogP contribution in [0.25, 0.3) is 0 Å². The Morgan fingerprint density at radius 2 is 1.77 bits per heavy atom. The first-order valence-corrected chi connectivity index (χ1v) is 7.82. The third kappa shape index (κ3) is 4.20. The van der Waals surface area contributed by atoms with Crippen molar-refractivity contribution in [2.75, 3.05) is 5.43 Å². The lowest BCUT2D eigenvalue weighted by Gasteiger charge is -1.96. The van der Waals surface area contributed by atoms with Crippen LogP contribution in [0.5, 0.6) is 0 Å². The fourth-order valence-electron chi connectivity index (χ4n) is 1.79. The molecular weight excluding hydrogens is 294 g/mol. The molecule has 0 aliphatic rings. The van der Waals surface area contributed by atoms with Crippen molar-refractivity contribution in [2.24, 2.45) is 5.10 Å². The van der Waals surface area contributed by atoms with Gasteiger partial charge in [-0.05, 0) is 11.1 Å². The average molecular weight is 309 g/mol. The standard InChI is InChI=1S/C16H15N5S/c1-3-7-13(8-4-1)11-17-19-15-18-16(21-20-15)22-12-14-9-5-2-6-10-14/h1-11H,12H2,(H2,18,19,20,21)/b17-11-. The zero-order chi connectivity index (χ0) is 15.0. The summed E-state index contributed by atoms with van der Waals surface area (Å²) < 4.78 is 0. The molecule has 0 aliphatic heterocycles. The molecule has 1 aromatic heterocycles. The molecule has 22 heavy (non-hydrogen) atoms. The molecule has 3 aromatic rings. The van der Waals surface area contributed by atoms with E-state index in [0.29, 0.717) is 11.1 Å². The number of nitrogens with one attached hydrogen (secondary N) is 2. The Balaban J connectivity index is 1.52. The summed E-state index contributed by atoms with van der Waals surface area (Å²) >= 11 is 1.58. The Labute approximate surface area is 132 Å². The van der Waals surface area contributed by atoms with E-state index < -0.39 is 0 Å². The number of aromatic amines is 1. The second-order valence-corrected chi connectivity index (χ2v) is 5.46. The van der Waals surface area contributed by atoms with E-state index in [0.717, 1.165) is 11.3 Å². The van der Waals surface area contributed by atoms with Crippen LogP contribution in [0.2, 0.25) is 0 Å². The lowest BCUT2D eigenvalue weighted by molar-refractivity contribution is 0.972. The Morgan fingerprint density at radius 3 is 2.55 bits per heavy atom. The highest BCUT2D eigenvalue weighted by Gasteiger charge is 2.03. The van der Waals surface area contributed by atoms with Crippen molar-refractivity contribution in [3.63, 3.8) is 0 Å². The summed E-state index contributed by atoms with van der Waals surface area (Å²) in [5, 5.41) is 11.8. The van der Waals surface area contributed by atoms with Crippen LogP contribution in [0.3, 0.4) is 0 Å². The zero-order valence-electron chi connectivity index (χ0n) is 11.8. The molecule has 0 amide bonds. The van der Waals surface area contributed by atoms with E-state index in [9.17, 15) is 0 Å². The lowest BCUT2D eigenvalue weighted by Crippen LogP contribution is -1.92. The minimum atomic E-state index is 0.530. The number of hydrazone groups is 1. The Kier molecular flexibility index (Phi) is 4.84. The summed E-state index contributed by atoms with van der Waals surface area (Å²) in [5.41, 5.74) is 5.10. The number of H-pyrrole nitrogens is 1. The SMILES string of the molecule is C(=N/Nc1nc(SCc2ccccc2)n[nH]1)/c1ccccc1. The number of anilines is 1. The van der Waals surface area contributed by atoms with Crippen molar-refractivity contribution in [3.05, 3.63) is 71.8 Å². The minimum absolute atomic E-state index is 0.530. The molecule has 5 nitrogen and oxygen atoms in total. The van der Waals surface area contributed by atoms with Crippen molar-refractivity contribution < 1.29 is 0 Å². The quantitative estimate of drug-likeness (QED) is 0.415. The smallest absolute Gasteiger partial charge is 0.240 e. The molecule has 0 atom stereocenters. The van der Waals surface area contributed by atoms with Crippen molar-refractivity contribution in [1.82, 2.24) is 15.2 Å². The summed E-state index contributed by atoms with van der Waals surface area (Å²) in [7, 11) is 0. The van der Waals surface area contributed by atoms with Gasteiger partial charge in [0.05, 0.1) is 6.21 Å². The molecule has 0 fully saturated rings. The molecule has 0 radical (unpaired) electrons. The maximum Gasteiger partial charge on any atom is 0.240 e. The maximum atomic E-state index is 4.33. The predicted molar refractivity (Wildman–Crippen MR) is 90.0 cm³/mol. The number of benzene rings is 2. The van der Waals surface area contributed by atoms with Crippen molar-refractivity contribution >= 4 is 23.9 Å². The molecule has 1 heterocycles. The van der Waals surface area contributed by atoms with Crippen molar-refractivity contribution in [3.8, 4) is 0 Å². The molecule has 0 saturated carbocycles. The van der Waals surface area contributed by atoms with Crippen molar-refractivity contribution in [1.29, 1.82) is 0 Å². The van der Waals surface area contributed by atoms with E-state index in [4.69, 9.17) is 0 Å². The van der Waals surface area contributed by atoms with Crippen molar-refractivity contribution in [2.45, 2.75) is 10.9 Å². The van der Waals surface area contributed by atoms with E-state index in [2.05, 4.69) is 37.8 Å². The van der Waals surface area contributed by atoms with E-state index in [1.165, 1.54) is 5.56 Å². The highest BCUT2D eigenvalue weighted by atomic mass is 32.2. The first kappa shape index (κ1) is 14.3. The Bertz CT molecular complexity index is 725. The summed E-state index contributed by atoms with van der Waals surface area (Å²) in [6, 6.07) is 20.1.